The van der Waals surface area contributed by atoms with Gasteiger partial charge in [0.25, 0.3) is 5.91 Å². The van der Waals surface area contributed by atoms with Crippen LogP contribution in [-0.4, -0.2) is 29.1 Å². The highest BCUT2D eigenvalue weighted by Crippen LogP contribution is 2.27. The normalized spacial score (nSPS) is 11.5. The van der Waals surface area contributed by atoms with E-state index in [1.54, 1.807) is 13.8 Å². The SMILES string of the molecule is Cc1cc(S(N)(=O)=O)cc(NC(=O)c2nc(-c3cccs3)n(-c3ccc(F)cc3)n2)c1C. The minimum atomic E-state index is -3.95. The van der Waals surface area contributed by atoms with Crippen molar-refractivity contribution < 1.29 is 17.6 Å². The molecule has 3 N–H and O–H groups in total. The van der Waals surface area contributed by atoms with Gasteiger partial charge in [-0.3, -0.25) is 4.79 Å². The number of nitrogens with zero attached hydrogens (tertiary/aromatic N) is 3. The van der Waals surface area contributed by atoms with Crippen molar-refractivity contribution >= 4 is 33.0 Å². The number of carbonyl (C=O) groups is 1. The van der Waals surface area contributed by atoms with Gasteiger partial charge in [-0.1, -0.05) is 6.07 Å². The summed E-state index contributed by atoms with van der Waals surface area (Å²) in [6.45, 7) is 3.47. The summed E-state index contributed by atoms with van der Waals surface area (Å²) >= 11 is 1.42. The van der Waals surface area contributed by atoms with Crippen LogP contribution < -0.4 is 10.5 Å². The average Bonchev–Trinajstić information content (AvgIpc) is 3.40. The van der Waals surface area contributed by atoms with Crippen molar-refractivity contribution in [3.8, 4) is 16.4 Å². The summed E-state index contributed by atoms with van der Waals surface area (Å²) in [6, 6.07) is 12.1. The van der Waals surface area contributed by atoms with Crippen LogP contribution in [0, 0.1) is 19.7 Å². The number of sulfonamides is 1. The molecule has 0 saturated carbocycles. The summed E-state index contributed by atoms with van der Waals surface area (Å²) in [4.78, 5) is 18.0. The highest BCUT2D eigenvalue weighted by molar-refractivity contribution is 7.89. The monoisotopic (exact) mass is 471 g/mol. The van der Waals surface area contributed by atoms with Gasteiger partial charge < -0.3 is 5.32 Å². The predicted octanol–water partition coefficient (Wildman–Crippen LogP) is 3.65. The summed E-state index contributed by atoms with van der Waals surface area (Å²) in [6.07, 6.45) is 0. The Morgan fingerprint density at radius 3 is 2.50 bits per heavy atom. The van der Waals surface area contributed by atoms with E-state index >= 15 is 0 Å². The third kappa shape index (κ3) is 4.31. The number of halogens is 1. The van der Waals surface area contributed by atoms with Crippen LogP contribution in [0.3, 0.4) is 0 Å². The lowest BCUT2D eigenvalue weighted by Crippen LogP contribution is -2.17. The summed E-state index contributed by atoms with van der Waals surface area (Å²) in [5.74, 6) is -0.735. The molecule has 2 aromatic carbocycles. The summed E-state index contributed by atoms with van der Waals surface area (Å²) in [5.41, 5.74) is 2.15. The van der Waals surface area contributed by atoms with E-state index in [0.717, 1.165) is 4.88 Å². The van der Waals surface area contributed by atoms with Gasteiger partial charge in [-0.2, -0.15) is 0 Å². The molecule has 0 radical (unpaired) electrons. The Kier molecular flexibility index (Phi) is 5.63. The fraction of sp³-hybridized carbons (Fsp3) is 0.0952. The maximum absolute atomic E-state index is 13.4. The first-order valence-electron chi connectivity index (χ1n) is 9.36. The quantitative estimate of drug-likeness (QED) is 0.460. The number of aromatic nitrogens is 3. The van der Waals surface area contributed by atoms with Crippen molar-refractivity contribution in [2.45, 2.75) is 18.7 Å². The van der Waals surface area contributed by atoms with Crippen LogP contribution >= 0.6 is 11.3 Å². The van der Waals surface area contributed by atoms with Gasteiger partial charge in [0.2, 0.25) is 15.8 Å². The lowest BCUT2D eigenvalue weighted by molar-refractivity contribution is 0.101. The van der Waals surface area contributed by atoms with Crippen molar-refractivity contribution in [3.05, 3.63) is 76.7 Å². The van der Waals surface area contributed by atoms with Gasteiger partial charge in [-0.15, -0.1) is 16.4 Å². The second kappa shape index (κ2) is 8.26. The van der Waals surface area contributed by atoms with Crippen LogP contribution in [-0.2, 0) is 10.0 Å². The molecule has 32 heavy (non-hydrogen) atoms. The molecule has 4 aromatic rings. The second-order valence-electron chi connectivity index (χ2n) is 7.04. The van der Waals surface area contributed by atoms with Crippen molar-refractivity contribution in [1.82, 2.24) is 14.8 Å². The van der Waals surface area contributed by atoms with Crippen LogP contribution in [0.2, 0.25) is 0 Å². The summed E-state index contributed by atoms with van der Waals surface area (Å²) < 4.78 is 38.4. The fourth-order valence-corrected chi connectivity index (χ4v) is 4.36. The molecule has 0 aliphatic carbocycles. The highest BCUT2D eigenvalue weighted by Gasteiger charge is 2.21. The Labute approximate surface area is 187 Å². The van der Waals surface area contributed by atoms with E-state index in [4.69, 9.17) is 5.14 Å². The van der Waals surface area contributed by atoms with Crippen LogP contribution in [0.25, 0.3) is 16.4 Å². The standard InChI is InChI=1S/C21H18FN5O3S2/c1-12-10-16(32(23,29)30)11-17(13(12)2)24-21(28)19-25-20(18-4-3-9-31-18)27(26-19)15-7-5-14(22)6-8-15/h3-11H,1-2H3,(H,24,28)(H2,23,29,30). The molecule has 0 bridgehead atoms. The number of benzene rings is 2. The van der Waals surface area contributed by atoms with Gasteiger partial charge in [0, 0.05) is 5.69 Å². The second-order valence-corrected chi connectivity index (χ2v) is 9.55. The van der Waals surface area contributed by atoms with E-state index in [2.05, 4.69) is 15.4 Å². The van der Waals surface area contributed by atoms with E-state index in [1.165, 1.54) is 52.4 Å². The van der Waals surface area contributed by atoms with Gasteiger partial charge in [0.05, 0.1) is 15.5 Å². The zero-order chi connectivity index (χ0) is 23.0. The summed E-state index contributed by atoms with van der Waals surface area (Å²) in [5, 5.41) is 14.1. The number of rotatable bonds is 5. The first-order chi connectivity index (χ1) is 15.1. The lowest BCUT2D eigenvalue weighted by atomic mass is 10.1. The van der Waals surface area contributed by atoms with Gasteiger partial charge in [0.1, 0.15) is 5.82 Å². The van der Waals surface area contributed by atoms with E-state index in [-0.39, 0.29) is 16.4 Å². The highest BCUT2D eigenvalue weighted by atomic mass is 32.2. The Balaban J connectivity index is 1.75. The van der Waals surface area contributed by atoms with Crippen molar-refractivity contribution in [2.75, 3.05) is 5.32 Å². The van der Waals surface area contributed by atoms with Gasteiger partial charge in [0.15, 0.2) is 5.82 Å². The Bertz CT molecular complexity index is 1410. The first-order valence-corrected chi connectivity index (χ1v) is 11.8. The predicted molar refractivity (Wildman–Crippen MR) is 120 cm³/mol. The van der Waals surface area contributed by atoms with Crippen LogP contribution in [0.15, 0.2) is 58.8 Å². The molecule has 8 nitrogen and oxygen atoms in total. The molecule has 0 spiro atoms. The molecule has 0 atom stereocenters. The van der Waals surface area contributed by atoms with E-state index in [0.29, 0.717) is 22.6 Å². The molecule has 0 aliphatic heterocycles. The van der Waals surface area contributed by atoms with Crippen molar-refractivity contribution in [3.63, 3.8) is 0 Å². The number of amides is 1. The number of nitrogens with two attached hydrogens (primary N) is 1. The zero-order valence-electron chi connectivity index (χ0n) is 17.0. The van der Waals surface area contributed by atoms with Crippen LogP contribution in [0.1, 0.15) is 21.7 Å². The molecule has 164 valence electrons. The van der Waals surface area contributed by atoms with Crippen molar-refractivity contribution in [1.29, 1.82) is 0 Å². The van der Waals surface area contributed by atoms with Crippen LogP contribution in [0.5, 0.6) is 0 Å². The Morgan fingerprint density at radius 2 is 1.88 bits per heavy atom. The minimum Gasteiger partial charge on any atom is -0.319 e. The Morgan fingerprint density at radius 1 is 1.16 bits per heavy atom. The number of hydrogen-bond donors (Lipinski definition) is 2. The molecule has 1 amide bonds. The number of thiophene rings is 1. The maximum Gasteiger partial charge on any atom is 0.295 e. The number of nitrogens with one attached hydrogen (secondary N) is 1. The third-order valence-corrected chi connectivity index (χ3v) is 6.60. The number of primary sulfonamides is 1. The van der Waals surface area contributed by atoms with E-state index < -0.39 is 21.7 Å². The Hall–Kier alpha value is -3.41. The van der Waals surface area contributed by atoms with E-state index in [9.17, 15) is 17.6 Å². The van der Waals surface area contributed by atoms with E-state index in [1.807, 2.05) is 17.5 Å². The number of carbonyl (C=O) groups excluding carboxylic acids is 1. The smallest absolute Gasteiger partial charge is 0.295 e. The number of aryl methyl sites for hydroxylation is 1. The number of hydrogen-bond acceptors (Lipinski definition) is 6. The topological polar surface area (TPSA) is 120 Å². The van der Waals surface area contributed by atoms with Gasteiger partial charge in [-0.25, -0.2) is 27.6 Å². The fourth-order valence-electron chi connectivity index (χ4n) is 3.03. The van der Waals surface area contributed by atoms with Crippen LogP contribution in [0.4, 0.5) is 10.1 Å². The van der Waals surface area contributed by atoms with Gasteiger partial charge in [-0.05, 0) is 72.8 Å². The molecule has 2 heterocycles. The van der Waals surface area contributed by atoms with Crippen molar-refractivity contribution in [2.24, 2.45) is 5.14 Å². The largest absolute Gasteiger partial charge is 0.319 e. The molecule has 4 rings (SSSR count). The first kappa shape index (κ1) is 21.8. The zero-order valence-corrected chi connectivity index (χ0v) is 18.7. The molecule has 11 heteroatoms. The third-order valence-electron chi connectivity index (χ3n) is 4.84. The maximum atomic E-state index is 13.4. The summed E-state index contributed by atoms with van der Waals surface area (Å²) in [7, 11) is -3.95. The average molecular weight is 472 g/mol. The lowest BCUT2D eigenvalue weighted by Gasteiger charge is -2.11. The molecule has 2 aromatic heterocycles. The molecule has 0 saturated heterocycles. The van der Waals surface area contributed by atoms with Gasteiger partial charge >= 0.3 is 0 Å². The molecular weight excluding hydrogens is 453 g/mol. The molecular formula is C21H18FN5O3S2. The molecule has 0 fully saturated rings. The number of anilines is 1. The molecule has 0 unspecified atom stereocenters. The molecule has 0 aliphatic rings. The minimum absolute atomic E-state index is 0.111.